The molecule has 0 aromatic heterocycles. The first kappa shape index (κ1) is 15.4. The third kappa shape index (κ3) is 3.66. The number of nitrogens with one attached hydrogen (secondary N) is 1. The van der Waals surface area contributed by atoms with Crippen molar-refractivity contribution in [2.24, 2.45) is 0 Å². The van der Waals surface area contributed by atoms with Gasteiger partial charge < -0.3 is 10.1 Å². The van der Waals surface area contributed by atoms with Crippen molar-refractivity contribution in [1.82, 2.24) is 5.32 Å². The van der Waals surface area contributed by atoms with E-state index in [1.54, 1.807) is 7.11 Å². The third-order valence-corrected chi connectivity index (χ3v) is 3.78. The van der Waals surface area contributed by atoms with E-state index in [0.29, 0.717) is 6.04 Å². The minimum Gasteiger partial charge on any atom is -0.496 e. The highest BCUT2D eigenvalue weighted by molar-refractivity contribution is 7.98. The molecular formula is C15H25NOS. The number of ether oxygens (including phenoxy) is 1. The summed E-state index contributed by atoms with van der Waals surface area (Å²) in [5.41, 5.74) is 2.69. The summed E-state index contributed by atoms with van der Waals surface area (Å²) in [5.74, 6) is 2.05. The first-order chi connectivity index (χ1) is 8.43. The van der Waals surface area contributed by atoms with Crippen LogP contribution in [-0.4, -0.2) is 26.2 Å². The molecule has 0 aliphatic heterocycles. The number of thioether (sulfide) groups is 1. The molecule has 0 aliphatic carbocycles. The minimum atomic E-state index is 0.0962. The van der Waals surface area contributed by atoms with Gasteiger partial charge in [0.1, 0.15) is 5.75 Å². The zero-order valence-corrected chi connectivity index (χ0v) is 13.1. The lowest BCUT2D eigenvalue weighted by atomic mass is 9.84. The monoisotopic (exact) mass is 267 g/mol. The van der Waals surface area contributed by atoms with Gasteiger partial charge in [0.15, 0.2) is 0 Å². The van der Waals surface area contributed by atoms with Gasteiger partial charge in [-0.2, -0.15) is 11.8 Å². The van der Waals surface area contributed by atoms with Crippen LogP contribution in [0.3, 0.4) is 0 Å². The maximum absolute atomic E-state index is 5.47. The van der Waals surface area contributed by atoms with Crippen LogP contribution in [0, 0.1) is 0 Å². The van der Waals surface area contributed by atoms with Crippen LogP contribution in [0.5, 0.6) is 5.75 Å². The minimum absolute atomic E-state index is 0.0962. The number of rotatable bonds is 5. The van der Waals surface area contributed by atoms with E-state index in [1.165, 1.54) is 11.1 Å². The van der Waals surface area contributed by atoms with Crippen molar-refractivity contribution >= 4 is 11.8 Å². The molecule has 1 atom stereocenters. The van der Waals surface area contributed by atoms with Gasteiger partial charge in [-0.1, -0.05) is 26.8 Å². The molecule has 0 radical (unpaired) electrons. The fourth-order valence-electron chi connectivity index (χ4n) is 2.04. The summed E-state index contributed by atoms with van der Waals surface area (Å²) in [6.45, 7) is 6.66. The Balaban J connectivity index is 3.17. The van der Waals surface area contributed by atoms with E-state index < -0.39 is 0 Å². The van der Waals surface area contributed by atoms with E-state index in [0.717, 1.165) is 11.5 Å². The second kappa shape index (κ2) is 6.48. The number of benzene rings is 1. The fraction of sp³-hybridized carbons (Fsp3) is 0.600. The van der Waals surface area contributed by atoms with Crippen LogP contribution >= 0.6 is 11.8 Å². The molecule has 1 unspecified atom stereocenters. The Kier molecular flexibility index (Phi) is 5.54. The highest BCUT2D eigenvalue weighted by atomic mass is 32.2. The third-order valence-electron chi connectivity index (χ3n) is 3.12. The standard InChI is InChI=1S/C15H25NOS/c1-15(2,3)12-9-11(7-8-14(12)17-5)13(16-4)10-18-6/h7-9,13,16H,10H2,1-6H3. The number of hydrogen-bond acceptors (Lipinski definition) is 3. The SMILES string of the molecule is CNC(CSC)c1ccc(OC)c(C(C)(C)C)c1. The van der Waals surface area contributed by atoms with Gasteiger partial charge in [-0.15, -0.1) is 0 Å². The van der Waals surface area contributed by atoms with Gasteiger partial charge in [-0.25, -0.2) is 0 Å². The van der Waals surface area contributed by atoms with Crippen molar-refractivity contribution < 1.29 is 4.74 Å². The summed E-state index contributed by atoms with van der Waals surface area (Å²) in [7, 11) is 3.75. The molecule has 1 aromatic rings. The molecule has 1 rings (SSSR count). The van der Waals surface area contributed by atoms with E-state index in [9.17, 15) is 0 Å². The quantitative estimate of drug-likeness (QED) is 0.880. The van der Waals surface area contributed by atoms with Crippen LogP contribution in [0.2, 0.25) is 0 Å². The Bertz CT molecular complexity index is 385. The molecule has 0 amide bonds. The molecule has 2 nitrogen and oxygen atoms in total. The Labute approximate surface area is 116 Å². The van der Waals surface area contributed by atoms with Crippen LogP contribution in [0.1, 0.15) is 37.9 Å². The van der Waals surface area contributed by atoms with Crippen molar-refractivity contribution in [2.45, 2.75) is 32.2 Å². The predicted octanol–water partition coefficient (Wildman–Crippen LogP) is 3.62. The molecule has 0 heterocycles. The second-order valence-electron chi connectivity index (χ2n) is 5.51. The van der Waals surface area contributed by atoms with Gasteiger partial charge in [0, 0.05) is 11.8 Å². The van der Waals surface area contributed by atoms with Crippen molar-refractivity contribution in [1.29, 1.82) is 0 Å². The lowest BCUT2D eigenvalue weighted by Gasteiger charge is -2.25. The Morgan fingerprint density at radius 3 is 2.44 bits per heavy atom. The molecular weight excluding hydrogens is 242 g/mol. The van der Waals surface area contributed by atoms with Crippen LogP contribution in [0.25, 0.3) is 0 Å². The molecule has 0 aliphatic rings. The fourth-order valence-corrected chi connectivity index (χ4v) is 2.73. The van der Waals surface area contributed by atoms with E-state index in [2.05, 4.69) is 50.5 Å². The molecule has 102 valence electrons. The van der Waals surface area contributed by atoms with Crippen molar-refractivity contribution in [3.63, 3.8) is 0 Å². The largest absolute Gasteiger partial charge is 0.496 e. The van der Waals surface area contributed by atoms with Crippen LogP contribution < -0.4 is 10.1 Å². The zero-order valence-electron chi connectivity index (χ0n) is 12.3. The predicted molar refractivity (Wildman–Crippen MR) is 81.9 cm³/mol. The molecule has 0 saturated heterocycles. The summed E-state index contributed by atoms with van der Waals surface area (Å²) in [6.07, 6.45) is 2.14. The lowest BCUT2D eigenvalue weighted by Crippen LogP contribution is -2.20. The molecule has 3 heteroatoms. The topological polar surface area (TPSA) is 21.3 Å². The second-order valence-corrected chi connectivity index (χ2v) is 6.42. The Hall–Kier alpha value is -0.670. The summed E-state index contributed by atoms with van der Waals surface area (Å²) >= 11 is 1.86. The van der Waals surface area contributed by atoms with Crippen LogP contribution in [0.15, 0.2) is 18.2 Å². The van der Waals surface area contributed by atoms with Gasteiger partial charge in [-0.3, -0.25) is 0 Å². The molecule has 1 aromatic carbocycles. The maximum atomic E-state index is 5.47. The van der Waals surface area contributed by atoms with E-state index in [4.69, 9.17) is 4.74 Å². The van der Waals surface area contributed by atoms with Gasteiger partial charge in [0.25, 0.3) is 0 Å². The summed E-state index contributed by atoms with van der Waals surface area (Å²) < 4.78 is 5.47. The van der Waals surface area contributed by atoms with Gasteiger partial charge in [-0.05, 0) is 42.0 Å². The van der Waals surface area contributed by atoms with Crippen LogP contribution in [0.4, 0.5) is 0 Å². The highest BCUT2D eigenvalue weighted by Crippen LogP contribution is 2.33. The molecule has 0 saturated carbocycles. The molecule has 18 heavy (non-hydrogen) atoms. The van der Waals surface area contributed by atoms with E-state index in [1.807, 2.05) is 18.8 Å². The first-order valence-corrected chi connectivity index (χ1v) is 7.68. The van der Waals surface area contributed by atoms with Crippen molar-refractivity contribution in [3.8, 4) is 5.75 Å². The maximum Gasteiger partial charge on any atom is 0.122 e. The first-order valence-electron chi connectivity index (χ1n) is 6.28. The highest BCUT2D eigenvalue weighted by Gasteiger charge is 2.20. The summed E-state index contributed by atoms with van der Waals surface area (Å²) in [6, 6.07) is 6.91. The molecule has 0 bridgehead atoms. The van der Waals surface area contributed by atoms with Gasteiger partial charge in [0.05, 0.1) is 7.11 Å². The van der Waals surface area contributed by atoms with Crippen molar-refractivity contribution in [3.05, 3.63) is 29.3 Å². The lowest BCUT2D eigenvalue weighted by molar-refractivity contribution is 0.397. The van der Waals surface area contributed by atoms with Gasteiger partial charge in [0.2, 0.25) is 0 Å². The number of hydrogen-bond donors (Lipinski definition) is 1. The zero-order chi connectivity index (χ0) is 13.8. The van der Waals surface area contributed by atoms with Crippen LogP contribution in [-0.2, 0) is 5.41 Å². The smallest absolute Gasteiger partial charge is 0.122 e. The Morgan fingerprint density at radius 2 is 2.00 bits per heavy atom. The Morgan fingerprint density at radius 1 is 1.33 bits per heavy atom. The molecule has 1 N–H and O–H groups in total. The van der Waals surface area contributed by atoms with E-state index in [-0.39, 0.29) is 5.41 Å². The average molecular weight is 267 g/mol. The normalized spacial score (nSPS) is 13.4. The summed E-state index contributed by atoms with van der Waals surface area (Å²) in [5, 5.41) is 3.37. The molecule has 0 fully saturated rings. The number of methoxy groups -OCH3 is 1. The average Bonchev–Trinajstić information content (AvgIpc) is 2.34. The van der Waals surface area contributed by atoms with E-state index >= 15 is 0 Å². The molecule has 0 spiro atoms. The van der Waals surface area contributed by atoms with Crippen molar-refractivity contribution in [2.75, 3.05) is 26.2 Å². The van der Waals surface area contributed by atoms with Gasteiger partial charge >= 0.3 is 0 Å². The summed E-state index contributed by atoms with van der Waals surface area (Å²) in [4.78, 5) is 0.